The highest BCUT2D eigenvalue weighted by Crippen LogP contribution is 2.17. The summed E-state index contributed by atoms with van der Waals surface area (Å²) < 4.78 is 22.7. The zero-order valence-corrected chi connectivity index (χ0v) is 44.6. The molecule has 0 aromatic carbocycles. The van der Waals surface area contributed by atoms with Gasteiger partial charge in [0.15, 0.2) is 6.10 Å². The summed E-state index contributed by atoms with van der Waals surface area (Å²) in [7, 11) is 1.99. The van der Waals surface area contributed by atoms with Crippen molar-refractivity contribution in [3.63, 3.8) is 0 Å². The average molecular weight is 957 g/mol. The minimum atomic E-state index is -0.925. The Labute approximate surface area is 417 Å². The van der Waals surface area contributed by atoms with Crippen molar-refractivity contribution in [2.24, 2.45) is 0 Å². The van der Waals surface area contributed by atoms with Gasteiger partial charge in [-0.25, -0.2) is 4.79 Å². The maximum Gasteiger partial charge on any atom is 0.407 e. The van der Waals surface area contributed by atoms with Crippen LogP contribution in [0.15, 0.2) is 48.6 Å². The molecule has 1 atom stereocenters. The predicted molar refractivity (Wildman–Crippen MR) is 284 cm³/mol. The molecule has 0 rings (SSSR count). The lowest BCUT2D eigenvalue weighted by Crippen LogP contribution is -2.35. The second-order valence-corrected chi connectivity index (χ2v) is 18.7. The predicted octanol–water partition coefficient (Wildman–Crippen LogP) is 15.6. The third kappa shape index (κ3) is 47.7. The number of nitrogens with zero attached hydrogens (tertiary/aromatic N) is 1. The van der Waals surface area contributed by atoms with Gasteiger partial charge in [0.05, 0.1) is 0 Å². The number of unbranched alkanes of at least 4 members (excludes halogenated alkanes) is 22. The number of allylic oxidation sites excluding steroid dienone is 8. The zero-order chi connectivity index (χ0) is 49.8. The molecular formula is C58H104N2O8. The Balaban J connectivity index is 5.02. The molecule has 0 saturated carbocycles. The van der Waals surface area contributed by atoms with Crippen molar-refractivity contribution in [3.8, 4) is 0 Å². The Morgan fingerprint density at radius 2 is 0.853 bits per heavy atom. The van der Waals surface area contributed by atoms with E-state index in [4.69, 9.17) is 18.9 Å². The Bertz CT molecular complexity index is 1230. The highest BCUT2D eigenvalue weighted by atomic mass is 16.6. The van der Waals surface area contributed by atoms with Gasteiger partial charge in [-0.05, 0) is 110 Å². The number of hydrogen-bond donors (Lipinski definition) is 1. The molecule has 0 aliphatic heterocycles. The molecule has 1 unspecified atom stereocenters. The molecule has 0 aromatic rings. The van der Waals surface area contributed by atoms with Gasteiger partial charge in [-0.15, -0.1) is 0 Å². The van der Waals surface area contributed by atoms with Crippen molar-refractivity contribution in [2.45, 2.75) is 258 Å². The largest absolute Gasteiger partial charge is 0.462 e. The van der Waals surface area contributed by atoms with Crippen molar-refractivity contribution in [1.82, 2.24) is 10.2 Å². The van der Waals surface area contributed by atoms with Crippen LogP contribution >= 0.6 is 0 Å². The van der Waals surface area contributed by atoms with Crippen molar-refractivity contribution >= 4 is 24.0 Å². The maximum absolute atomic E-state index is 13.3. The first-order chi connectivity index (χ1) is 33.2. The van der Waals surface area contributed by atoms with Crippen molar-refractivity contribution < 1.29 is 38.1 Å². The molecule has 1 amide bonds. The number of amides is 1. The van der Waals surface area contributed by atoms with Crippen molar-refractivity contribution in [3.05, 3.63) is 48.6 Å². The summed E-state index contributed by atoms with van der Waals surface area (Å²) in [4.78, 5) is 53.6. The number of ether oxygens (including phenoxy) is 4. The fourth-order valence-electron chi connectivity index (χ4n) is 7.61. The van der Waals surface area contributed by atoms with E-state index in [1.807, 2.05) is 7.05 Å². The molecule has 0 saturated heterocycles. The summed E-state index contributed by atoms with van der Waals surface area (Å²) in [5.74, 6) is -1.22. The monoisotopic (exact) mass is 957 g/mol. The molecule has 0 heterocycles. The first-order valence-electron chi connectivity index (χ1n) is 28.0. The number of rotatable bonds is 49. The van der Waals surface area contributed by atoms with Crippen LogP contribution in [0.5, 0.6) is 0 Å². The van der Waals surface area contributed by atoms with Crippen LogP contribution in [0.2, 0.25) is 0 Å². The van der Waals surface area contributed by atoms with Gasteiger partial charge < -0.3 is 29.2 Å². The number of alkyl carbamates (subject to hydrolysis) is 1. The summed E-state index contributed by atoms with van der Waals surface area (Å²) in [5, 5.41) is 2.84. The zero-order valence-electron chi connectivity index (χ0n) is 44.6. The van der Waals surface area contributed by atoms with E-state index in [-0.39, 0.29) is 44.4 Å². The second-order valence-electron chi connectivity index (χ2n) is 18.7. The minimum Gasteiger partial charge on any atom is -0.462 e. The average Bonchev–Trinajstić information content (AvgIpc) is 3.33. The molecule has 10 heteroatoms. The fourth-order valence-corrected chi connectivity index (χ4v) is 7.61. The fraction of sp³-hybridized carbons (Fsp3) is 0.793. The molecule has 394 valence electrons. The van der Waals surface area contributed by atoms with Gasteiger partial charge in [-0.1, -0.05) is 179 Å². The number of hydrogen-bond acceptors (Lipinski definition) is 9. The van der Waals surface area contributed by atoms with Gasteiger partial charge in [-0.3, -0.25) is 14.4 Å². The lowest BCUT2D eigenvalue weighted by Gasteiger charge is -2.21. The van der Waals surface area contributed by atoms with E-state index in [1.54, 1.807) is 0 Å². The van der Waals surface area contributed by atoms with Gasteiger partial charge >= 0.3 is 24.0 Å². The van der Waals surface area contributed by atoms with Crippen LogP contribution in [0.4, 0.5) is 4.79 Å². The van der Waals surface area contributed by atoms with E-state index < -0.39 is 24.3 Å². The molecule has 0 spiro atoms. The second kappa shape index (κ2) is 51.5. The van der Waals surface area contributed by atoms with Crippen LogP contribution in [0.1, 0.15) is 246 Å². The topological polar surface area (TPSA) is 120 Å². The standard InChI is InChI=1S/C58H104N2O8/c1-6-10-13-16-19-21-23-25-27-29-31-33-36-39-42-45-55(61)65-51-54(52-66-56(62)46-43-40-37-34-32-30-28-26-24-22-20-17-14-11-7-2)67-57(63)48-47-53(44-41-38-35-18-15-12-8-3)68-58(64)59-49-50-60(5)9-4/h19-22,25-28,53-54H,6-18,23-24,29-52H2,1-5H3,(H,59,64)/b21-19-,22-20-,27-25-,28-26-. The molecule has 0 aliphatic carbocycles. The molecule has 1 N–H and O–H groups in total. The van der Waals surface area contributed by atoms with Crippen molar-refractivity contribution in [2.75, 3.05) is 39.9 Å². The highest BCUT2D eigenvalue weighted by molar-refractivity contribution is 5.71. The minimum absolute atomic E-state index is 0.0172. The molecule has 0 bridgehead atoms. The van der Waals surface area contributed by atoms with Crippen LogP contribution in [0, 0.1) is 0 Å². The first kappa shape index (κ1) is 64.6. The molecule has 0 aliphatic rings. The summed E-state index contributed by atoms with van der Waals surface area (Å²) in [6.45, 7) is 10.4. The molecule has 0 aromatic heterocycles. The number of likely N-dealkylation sites (N-methyl/N-ethyl adjacent to an activating group) is 1. The normalized spacial score (nSPS) is 12.3. The third-order valence-corrected chi connectivity index (χ3v) is 12.2. The Hall–Kier alpha value is -3.40. The molecule has 10 nitrogen and oxygen atoms in total. The summed E-state index contributed by atoms with van der Waals surface area (Å²) in [5.41, 5.74) is 0. The molecule has 0 radical (unpaired) electrons. The van der Waals surface area contributed by atoms with Gasteiger partial charge in [0.2, 0.25) is 0 Å². The summed E-state index contributed by atoms with van der Waals surface area (Å²) in [6.07, 6.45) is 49.9. The number of carbonyl (C=O) groups excluding carboxylic acids is 4. The number of esters is 3. The van der Waals surface area contributed by atoms with Crippen LogP contribution in [-0.4, -0.2) is 81.0 Å². The highest BCUT2D eigenvalue weighted by Gasteiger charge is 2.22. The third-order valence-electron chi connectivity index (χ3n) is 12.2. The smallest absolute Gasteiger partial charge is 0.407 e. The summed E-state index contributed by atoms with van der Waals surface area (Å²) >= 11 is 0. The van der Waals surface area contributed by atoms with Crippen LogP contribution in [0.3, 0.4) is 0 Å². The van der Waals surface area contributed by atoms with Gasteiger partial charge in [0.25, 0.3) is 0 Å². The molecule has 68 heavy (non-hydrogen) atoms. The Morgan fingerprint density at radius 1 is 0.441 bits per heavy atom. The van der Waals surface area contributed by atoms with E-state index in [1.165, 1.54) is 77.0 Å². The van der Waals surface area contributed by atoms with Gasteiger partial charge in [0, 0.05) is 32.4 Å². The number of carbonyl (C=O) groups is 4. The van der Waals surface area contributed by atoms with Gasteiger partial charge in [0.1, 0.15) is 19.3 Å². The quantitative estimate of drug-likeness (QED) is 0.0275. The van der Waals surface area contributed by atoms with Crippen LogP contribution < -0.4 is 5.32 Å². The van der Waals surface area contributed by atoms with E-state index in [2.05, 4.69) is 86.5 Å². The van der Waals surface area contributed by atoms with E-state index in [0.29, 0.717) is 25.9 Å². The lowest BCUT2D eigenvalue weighted by atomic mass is 10.0. The lowest BCUT2D eigenvalue weighted by molar-refractivity contribution is -0.167. The van der Waals surface area contributed by atoms with E-state index >= 15 is 0 Å². The van der Waals surface area contributed by atoms with Crippen LogP contribution in [0.25, 0.3) is 0 Å². The van der Waals surface area contributed by atoms with Crippen LogP contribution in [-0.2, 0) is 33.3 Å². The SMILES string of the molecule is CCCCC/C=C\C/C=C\CCCCCCCC(=O)OCC(COC(=O)CCCCCCC/C=C\C/C=C\CCCCC)OC(=O)CCC(CCCCCCCCC)OC(=O)NCCN(C)CC. The van der Waals surface area contributed by atoms with Gasteiger partial charge in [-0.2, -0.15) is 0 Å². The molecular weight excluding hydrogens is 853 g/mol. The summed E-state index contributed by atoms with van der Waals surface area (Å²) in [6, 6.07) is 0. The first-order valence-corrected chi connectivity index (χ1v) is 28.0. The van der Waals surface area contributed by atoms with Crippen molar-refractivity contribution in [1.29, 1.82) is 0 Å². The van der Waals surface area contributed by atoms with E-state index in [9.17, 15) is 19.2 Å². The maximum atomic E-state index is 13.3. The number of nitrogens with one attached hydrogen (secondary N) is 1. The molecule has 0 fully saturated rings. The Morgan fingerprint density at radius 3 is 1.32 bits per heavy atom. The Kier molecular flexibility index (Phi) is 48.9. The van der Waals surface area contributed by atoms with E-state index in [0.717, 1.165) is 116 Å².